The molecule has 8 rings (SSSR count). The van der Waals surface area contributed by atoms with E-state index in [1.54, 1.807) is 10.9 Å². The van der Waals surface area contributed by atoms with Gasteiger partial charge in [-0.2, -0.15) is 9.94 Å². The number of nitrogens with one attached hydrogen (secondary N) is 2. The van der Waals surface area contributed by atoms with Gasteiger partial charge in [0.25, 0.3) is 17.6 Å². The van der Waals surface area contributed by atoms with Crippen LogP contribution in [0, 0.1) is 28.8 Å². The number of hydrogen-bond donors (Lipinski definition) is 4. The summed E-state index contributed by atoms with van der Waals surface area (Å²) in [6, 6.07) is 12.1. The minimum absolute atomic E-state index is 0.0570. The van der Waals surface area contributed by atoms with E-state index in [4.69, 9.17) is 42.6 Å². The van der Waals surface area contributed by atoms with Crippen LogP contribution in [0.1, 0.15) is 64.3 Å². The second-order valence-corrected chi connectivity index (χ2v) is 23.1. The molecule has 4 N–H and O–H groups in total. The lowest BCUT2D eigenvalue weighted by molar-refractivity contribution is -0.136. The third-order valence-corrected chi connectivity index (χ3v) is 16.4. The fraction of sp³-hybridized carbons (Fsp3) is 0.552. The van der Waals surface area contributed by atoms with E-state index in [1.165, 1.54) is 35.4 Å². The van der Waals surface area contributed by atoms with Gasteiger partial charge in [-0.1, -0.05) is 35.5 Å². The van der Waals surface area contributed by atoms with Crippen LogP contribution in [0.15, 0.2) is 73.0 Å². The number of carbonyl (C=O) groups excluding carboxylic acids is 4. The number of likely N-dealkylation sites (tertiary alicyclic amines) is 1. The number of aliphatic hydroxyl groups excluding tert-OH is 2. The number of benzene rings is 2. The monoisotopic (exact) mass is 1400 g/mol. The SMILES string of the molecule is COc1cnc(-n2cnc(C(=O)NCCCN(CCCN3CCN(CCOCCOCCOCCOCc4cn(CCOCCOCCOCCOCCC(=O)Oc5c(F)cc(F)cc5F)nn4)CC3)C(CO)CO)n2)c2[nH]cc(C(=O)C(=O)N3CCC(=C(C#N)c4ccccc4)CC3)c12. The number of H-pyrrole nitrogens is 1. The number of fused-ring (bicyclic) bond motifs is 1. The second-order valence-electron chi connectivity index (χ2n) is 23.1. The Balaban J connectivity index is 0.593. The highest BCUT2D eigenvalue weighted by Crippen LogP contribution is 2.33. The zero-order valence-electron chi connectivity index (χ0n) is 56.3. The van der Waals surface area contributed by atoms with E-state index in [2.05, 4.69) is 56.3 Å². The number of aliphatic hydroxyl groups is 2. The third kappa shape index (κ3) is 24.6. The van der Waals surface area contributed by atoms with E-state index in [0.29, 0.717) is 152 Å². The molecule has 33 heteroatoms. The Hall–Kier alpha value is -8.21. The summed E-state index contributed by atoms with van der Waals surface area (Å²) in [6.07, 6.45) is 7.97. The van der Waals surface area contributed by atoms with Gasteiger partial charge in [-0.15, -0.1) is 10.2 Å². The molecule has 30 nitrogen and oxygen atoms in total. The number of aromatic nitrogens is 8. The van der Waals surface area contributed by atoms with E-state index < -0.39 is 52.8 Å². The molecule has 0 spiro atoms. The molecule has 2 aliphatic rings. The predicted octanol–water partition coefficient (Wildman–Crippen LogP) is 3.05. The van der Waals surface area contributed by atoms with Crippen molar-refractivity contribution in [1.82, 2.24) is 64.6 Å². The number of halogens is 3. The van der Waals surface area contributed by atoms with Crippen molar-refractivity contribution in [3.05, 3.63) is 113 Å². The number of pyridine rings is 1. The van der Waals surface area contributed by atoms with Crippen LogP contribution in [0.5, 0.6) is 11.5 Å². The number of ether oxygens (including phenoxy) is 10. The molecular weight excluding hydrogens is 1310 g/mol. The molecular formula is C67H89F3N14O16. The number of hydrogen-bond acceptors (Lipinski definition) is 25. The molecule has 0 bridgehead atoms. The Labute approximate surface area is 577 Å². The number of aromatic amines is 1. The van der Waals surface area contributed by atoms with Crippen molar-refractivity contribution in [2.75, 3.05) is 191 Å². The number of allylic oxidation sites excluding steroid dienone is 1. The molecule has 0 radical (unpaired) electrons. The number of carbonyl (C=O) groups is 4. The fourth-order valence-corrected chi connectivity index (χ4v) is 11.0. The van der Waals surface area contributed by atoms with Gasteiger partial charge in [0.1, 0.15) is 23.6 Å². The summed E-state index contributed by atoms with van der Waals surface area (Å²) < 4.78 is 97.9. The Bertz CT molecular complexity index is 3530. The molecule has 2 amide bonds. The summed E-state index contributed by atoms with van der Waals surface area (Å²) in [7, 11) is 1.43. The number of esters is 1. The molecule has 0 unspecified atom stereocenters. The molecule has 6 heterocycles. The number of methoxy groups -OCH3 is 1. The van der Waals surface area contributed by atoms with Crippen molar-refractivity contribution in [1.29, 1.82) is 5.26 Å². The number of ketones is 1. The van der Waals surface area contributed by atoms with E-state index in [1.807, 2.05) is 35.2 Å². The highest BCUT2D eigenvalue weighted by Gasteiger charge is 2.31. The van der Waals surface area contributed by atoms with Gasteiger partial charge in [0, 0.05) is 77.2 Å². The molecule has 2 fully saturated rings. The molecule has 2 aromatic carbocycles. The molecule has 0 saturated carbocycles. The van der Waals surface area contributed by atoms with Crippen molar-refractivity contribution in [3.8, 4) is 23.4 Å². The average molecular weight is 1400 g/mol. The molecule has 0 atom stereocenters. The van der Waals surface area contributed by atoms with Crippen LogP contribution in [0.4, 0.5) is 13.2 Å². The molecule has 100 heavy (non-hydrogen) atoms. The Kier molecular flexibility index (Phi) is 33.2. The molecule has 544 valence electrons. The zero-order chi connectivity index (χ0) is 70.7. The molecule has 2 aliphatic heterocycles. The maximum Gasteiger partial charge on any atom is 0.313 e. The van der Waals surface area contributed by atoms with Gasteiger partial charge in [0.05, 0.1) is 186 Å². The predicted molar refractivity (Wildman–Crippen MR) is 353 cm³/mol. The lowest BCUT2D eigenvalue weighted by atomic mass is 9.93. The first-order valence-corrected chi connectivity index (χ1v) is 33.4. The fourth-order valence-electron chi connectivity index (χ4n) is 11.0. The largest absolute Gasteiger partial charge is 0.494 e. The quantitative estimate of drug-likeness (QED) is 0.0106. The van der Waals surface area contributed by atoms with Gasteiger partial charge < -0.3 is 77.7 Å². The summed E-state index contributed by atoms with van der Waals surface area (Å²) in [5.41, 5.74) is 3.44. The summed E-state index contributed by atoms with van der Waals surface area (Å²) in [4.78, 5) is 72.7. The van der Waals surface area contributed by atoms with Crippen molar-refractivity contribution in [3.63, 3.8) is 0 Å². The van der Waals surface area contributed by atoms with Gasteiger partial charge in [-0.05, 0) is 49.9 Å². The molecule has 4 aromatic heterocycles. The average Bonchev–Trinajstić information content (AvgIpc) is 1.59. The van der Waals surface area contributed by atoms with Crippen LogP contribution in [-0.4, -0.2) is 291 Å². The van der Waals surface area contributed by atoms with E-state index in [-0.39, 0.29) is 88.7 Å². The first kappa shape index (κ1) is 77.5. The van der Waals surface area contributed by atoms with E-state index in [9.17, 15) is 47.8 Å². The highest BCUT2D eigenvalue weighted by molar-refractivity contribution is 6.45. The normalized spacial score (nSPS) is 13.8. The number of amides is 2. The summed E-state index contributed by atoms with van der Waals surface area (Å²) in [5.74, 6) is -7.22. The van der Waals surface area contributed by atoms with Crippen LogP contribution in [0.2, 0.25) is 0 Å². The Morgan fingerprint density at radius 1 is 0.730 bits per heavy atom. The number of rotatable bonds is 47. The van der Waals surface area contributed by atoms with Gasteiger partial charge in [-0.25, -0.2) is 27.8 Å². The third-order valence-electron chi connectivity index (χ3n) is 16.4. The van der Waals surface area contributed by atoms with Gasteiger partial charge >= 0.3 is 5.97 Å². The van der Waals surface area contributed by atoms with Crippen molar-refractivity contribution < 1.29 is 89.9 Å². The van der Waals surface area contributed by atoms with E-state index >= 15 is 0 Å². The van der Waals surface area contributed by atoms with Crippen LogP contribution in [0.3, 0.4) is 0 Å². The van der Waals surface area contributed by atoms with Crippen LogP contribution < -0.4 is 14.8 Å². The maximum atomic E-state index is 13.9. The van der Waals surface area contributed by atoms with Crippen LogP contribution in [-0.2, 0) is 60.6 Å². The van der Waals surface area contributed by atoms with Crippen molar-refractivity contribution >= 4 is 40.0 Å². The standard InChI is InChI=1S/C67H89F3N14O16/c1-91-58-43-74-65(61-60(58)55(42-73-61)62(88)67(90)82-16-9-50(10-17-82)54(41-71)49-7-3-2-4-8-49)84-48-75-64(77-84)66(89)72-12-5-14-81(53(45-85)46-86)15-6-13-79-18-20-80(21-19-79)22-25-93-28-31-96-35-36-98-37-38-99-47-52-44-83(78-76-52)23-26-94-29-32-97-34-33-95-30-27-92-24-11-59(87)100-63-56(69)39-51(68)40-57(63)70/h2-4,7-8,39-40,42-44,48,53,73,85-86H,5-6,9-38,45-47H2,1H3,(H,72,89). The summed E-state index contributed by atoms with van der Waals surface area (Å²) >= 11 is 0. The maximum absolute atomic E-state index is 13.9. The smallest absolute Gasteiger partial charge is 0.313 e. The topological polar surface area (TPSA) is 340 Å². The molecule has 2 saturated heterocycles. The number of nitriles is 1. The minimum atomic E-state index is -1.31. The van der Waals surface area contributed by atoms with Gasteiger partial charge in [-0.3, -0.25) is 29.0 Å². The number of piperidine rings is 1. The number of Topliss-reactive ketones (excluding diaryl/α,β-unsaturated/α-hetero) is 1. The highest BCUT2D eigenvalue weighted by atomic mass is 19.1. The van der Waals surface area contributed by atoms with Crippen molar-refractivity contribution in [2.24, 2.45) is 0 Å². The lowest BCUT2D eigenvalue weighted by Crippen LogP contribution is -2.48. The minimum Gasteiger partial charge on any atom is -0.494 e. The molecule has 6 aromatic rings. The first-order chi connectivity index (χ1) is 48.9. The van der Waals surface area contributed by atoms with E-state index in [0.717, 1.165) is 56.8 Å². The van der Waals surface area contributed by atoms with Gasteiger partial charge in [0.2, 0.25) is 11.6 Å². The Morgan fingerprint density at radius 2 is 1.32 bits per heavy atom. The molecule has 0 aliphatic carbocycles. The van der Waals surface area contributed by atoms with Gasteiger partial charge in [0.15, 0.2) is 17.5 Å². The zero-order valence-corrected chi connectivity index (χ0v) is 56.3. The second kappa shape index (κ2) is 42.8. The first-order valence-electron chi connectivity index (χ1n) is 33.4. The van der Waals surface area contributed by atoms with Crippen LogP contribution >= 0.6 is 0 Å². The summed E-state index contributed by atoms with van der Waals surface area (Å²) in [6.45, 7) is 13.1. The Morgan fingerprint density at radius 3 is 1.94 bits per heavy atom. The summed E-state index contributed by atoms with van der Waals surface area (Å²) in [5, 5.41) is 45.9. The number of nitrogens with zero attached hydrogens (tertiary/aromatic N) is 12. The van der Waals surface area contributed by atoms with Crippen LogP contribution in [0.25, 0.3) is 22.3 Å². The van der Waals surface area contributed by atoms with Crippen molar-refractivity contribution in [2.45, 2.75) is 51.3 Å². The lowest BCUT2D eigenvalue weighted by Gasteiger charge is -2.35. The number of piperazine rings is 1.